The van der Waals surface area contributed by atoms with Gasteiger partial charge in [0.25, 0.3) is 0 Å². The van der Waals surface area contributed by atoms with Gasteiger partial charge in [0.1, 0.15) is 11.6 Å². The molecule has 0 aliphatic rings. The summed E-state index contributed by atoms with van der Waals surface area (Å²) in [4.78, 5) is 21.6. The van der Waals surface area contributed by atoms with E-state index in [1.807, 2.05) is 0 Å². The molecule has 7 heteroatoms. The molecule has 0 aliphatic carbocycles. The van der Waals surface area contributed by atoms with Crippen LogP contribution >= 0.6 is 15.9 Å². The Morgan fingerprint density at radius 1 is 1.36 bits per heavy atom. The second-order valence-corrected chi connectivity index (χ2v) is 5.21. The minimum absolute atomic E-state index is 0.0230. The van der Waals surface area contributed by atoms with E-state index >= 15 is 0 Å². The number of primary amides is 1. The van der Waals surface area contributed by atoms with Crippen molar-refractivity contribution in [3.63, 3.8) is 0 Å². The zero-order chi connectivity index (χ0) is 16.1. The van der Waals surface area contributed by atoms with Crippen LogP contribution in [0.1, 0.15) is 15.9 Å². The molecule has 3 N–H and O–H groups in total. The van der Waals surface area contributed by atoms with Crippen LogP contribution in [0, 0.1) is 5.82 Å². The highest BCUT2D eigenvalue weighted by molar-refractivity contribution is 9.10. The molecule has 0 bridgehead atoms. The third-order valence-corrected chi connectivity index (χ3v) is 3.55. The average molecular weight is 367 g/mol. The molecule has 5 nitrogen and oxygen atoms in total. The van der Waals surface area contributed by atoms with Gasteiger partial charge in [-0.2, -0.15) is 0 Å². The number of nitrogens with one attached hydrogen (secondary N) is 1. The molecular weight excluding hydrogens is 355 g/mol. The zero-order valence-electron chi connectivity index (χ0n) is 11.3. The molecule has 1 amide bonds. The maximum absolute atomic E-state index is 14.1. The summed E-state index contributed by atoms with van der Waals surface area (Å²) >= 11 is 3.12. The molecule has 0 radical (unpaired) electrons. The molecule has 2 rings (SSSR count). The van der Waals surface area contributed by atoms with Crippen LogP contribution in [0.15, 0.2) is 40.9 Å². The van der Waals surface area contributed by atoms with Gasteiger partial charge in [-0.05, 0) is 34.1 Å². The first kappa shape index (κ1) is 16.0. The number of amides is 1. The topological polar surface area (TPSA) is 81.4 Å². The summed E-state index contributed by atoms with van der Waals surface area (Å²) in [6, 6.07) is 9.70. The average Bonchev–Trinajstić information content (AvgIpc) is 2.47. The number of anilines is 1. The molecule has 0 saturated heterocycles. The largest absolute Gasteiger partial charge is 0.410 e. The van der Waals surface area contributed by atoms with Crippen LogP contribution in [-0.4, -0.2) is 12.4 Å². The number of hydrogen-bond donors (Lipinski definition) is 2. The van der Waals surface area contributed by atoms with E-state index in [0.29, 0.717) is 22.0 Å². The highest BCUT2D eigenvalue weighted by Gasteiger charge is 2.11. The second-order valence-electron chi connectivity index (χ2n) is 4.35. The quantitative estimate of drug-likeness (QED) is 0.793. The number of carbonyl (C=O) groups excluding carboxylic acids is 2. The number of aldehydes is 1. The van der Waals surface area contributed by atoms with E-state index in [-0.39, 0.29) is 17.9 Å². The highest BCUT2D eigenvalue weighted by atomic mass is 79.9. The third kappa shape index (κ3) is 3.82. The molecule has 0 aromatic heterocycles. The molecule has 0 saturated carbocycles. The van der Waals surface area contributed by atoms with Crippen LogP contribution in [0.5, 0.6) is 5.75 Å². The molecule has 0 atom stereocenters. The number of carbonyl (C=O) groups is 2. The lowest BCUT2D eigenvalue weighted by molar-refractivity contribution is 0.111. The Kier molecular flexibility index (Phi) is 5.11. The number of halogens is 2. The lowest BCUT2D eigenvalue weighted by atomic mass is 10.1. The summed E-state index contributed by atoms with van der Waals surface area (Å²) < 4.78 is 19.3. The van der Waals surface area contributed by atoms with Crippen molar-refractivity contribution in [3.8, 4) is 5.75 Å². The number of hydrogen-bond acceptors (Lipinski definition) is 4. The maximum Gasteiger partial charge on any atom is 0.409 e. The van der Waals surface area contributed by atoms with E-state index in [1.165, 1.54) is 0 Å². The van der Waals surface area contributed by atoms with Crippen LogP contribution in [-0.2, 0) is 6.54 Å². The van der Waals surface area contributed by atoms with Gasteiger partial charge in [0.15, 0.2) is 6.29 Å². The van der Waals surface area contributed by atoms with Crippen LogP contribution in [0.4, 0.5) is 14.9 Å². The van der Waals surface area contributed by atoms with Crippen LogP contribution in [0.25, 0.3) is 0 Å². The fourth-order valence-electron chi connectivity index (χ4n) is 1.84. The van der Waals surface area contributed by atoms with Crippen molar-refractivity contribution >= 4 is 34.0 Å². The minimum Gasteiger partial charge on any atom is -0.410 e. The number of nitrogens with two attached hydrogens (primary N) is 1. The van der Waals surface area contributed by atoms with Gasteiger partial charge in [0, 0.05) is 28.3 Å². The molecule has 0 spiro atoms. The van der Waals surface area contributed by atoms with Crippen LogP contribution in [0.3, 0.4) is 0 Å². The monoisotopic (exact) mass is 366 g/mol. The summed E-state index contributed by atoms with van der Waals surface area (Å²) in [5, 5.41) is 2.98. The van der Waals surface area contributed by atoms with Crippen molar-refractivity contribution in [1.82, 2.24) is 0 Å². The second kappa shape index (κ2) is 7.04. The van der Waals surface area contributed by atoms with E-state index in [2.05, 4.69) is 21.2 Å². The first-order chi connectivity index (χ1) is 10.5. The molecule has 0 unspecified atom stereocenters. The van der Waals surface area contributed by atoms with Crippen molar-refractivity contribution in [2.24, 2.45) is 5.73 Å². The van der Waals surface area contributed by atoms with Crippen molar-refractivity contribution in [2.45, 2.75) is 6.54 Å². The Labute approximate surface area is 134 Å². The fraction of sp³-hybridized carbons (Fsp3) is 0.0667. The Balaban J connectivity index is 2.13. The zero-order valence-corrected chi connectivity index (χ0v) is 12.9. The van der Waals surface area contributed by atoms with Gasteiger partial charge in [-0.15, -0.1) is 0 Å². The van der Waals surface area contributed by atoms with Gasteiger partial charge in [-0.1, -0.05) is 12.1 Å². The number of ether oxygens (including phenoxy) is 1. The van der Waals surface area contributed by atoms with Crippen molar-refractivity contribution in [2.75, 3.05) is 5.32 Å². The SMILES string of the molecule is NC(=O)Oc1cccc(NCc2ccc(Br)c(C=O)c2F)c1. The Bertz CT molecular complexity index is 722. The molecule has 114 valence electrons. The summed E-state index contributed by atoms with van der Waals surface area (Å²) in [5.74, 6) is -0.302. The normalized spacial score (nSPS) is 10.1. The van der Waals surface area contributed by atoms with E-state index in [9.17, 15) is 14.0 Å². The van der Waals surface area contributed by atoms with Gasteiger partial charge in [-0.3, -0.25) is 4.79 Å². The molecule has 2 aromatic rings. The first-order valence-corrected chi connectivity index (χ1v) is 7.04. The summed E-state index contributed by atoms with van der Waals surface area (Å²) in [5.41, 5.74) is 5.87. The van der Waals surface area contributed by atoms with Gasteiger partial charge in [0.2, 0.25) is 0 Å². The Morgan fingerprint density at radius 3 is 2.82 bits per heavy atom. The maximum atomic E-state index is 14.1. The first-order valence-electron chi connectivity index (χ1n) is 6.24. The summed E-state index contributed by atoms with van der Waals surface area (Å²) in [6.45, 7) is 0.167. The third-order valence-electron chi connectivity index (χ3n) is 2.86. The molecule has 22 heavy (non-hydrogen) atoms. The van der Waals surface area contributed by atoms with Gasteiger partial charge in [0.05, 0.1) is 5.56 Å². The van der Waals surface area contributed by atoms with Crippen LogP contribution < -0.4 is 15.8 Å². The van der Waals surface area contributed by atoms with Gasteiger partial charge < -0.3 is 15.8 Å². The standard InChI is InChI=1S/C15H12BrFN2O3/c16-13-5-4-9(14(17)12(13)8-20)7-19-10-2-1-3-11(6-10)22-15(18)21/h1-6,8,19H,7H2,(H2,18,21). The van der Waals surface area contributed by atoms with E-state index in [4.69, 9.17) is 10.5 Å². The predicted molar refractivity (Wildman–Crippen MR) is 83.5 cm³/mol. The van der Waals surface area contributed by atoms with Gasteiger partial charge >= 0.3 is 6.09 Å². The van der Waals surface area contributed by atoms with E-state index in [1.54, 1.807) is 36.4 Å². The predicted octanol–water partition coefficient (Wildman–Crippen LogP) is 3.47. The fourth-order valence-corrected chi connectivity index (χ4v) is 2.24. The summed E-state index contributed by atoms with van der Waals surface area (Å²) in [7, 11) is 0. The van der Waals surface area contributed by atoms with E-state index in [0.717, 1.165) is 0 Å². The minimum atomic E-state index is -0.910. The van der Waals surface area contributed by atoms with Crippen molar-refractivity contribution in [3.05, 3.63) is 57.8 Å². The molecule has 2 aromatic carbocycles. The van der Waals surface area contributed by atoms with Crippen LogP contribution in [0.2, 0.25) is 0 Å². The van der Waals surface area contributed by atoms with E-state index < -0.39 is 11.9 Å². The number of benzene rings is 2. The highest BCUT2D eigenvalue weighted by Crippen LogP contribution is 2.23. The molecular formula is C15H12BrFN2O3. The lowest BCUT2D eigenvalue weighted by Gasteiger charge is -2.10. The molecule has 0 fully saturated rings. The molecule has 0 heterocycles. The Hall–Kier alpha value is -2.41. The smallest absolute Gasteiger partial charge is 0.409 e. The van der Waals surface area contributed by atoms with Gasteiger partial charge in [-0.25, -0.2) is 9.18 Å². The van der Waals surface area contributed by atoms with Crippen molar-refractivity contribution < 1.29 is 18.7 Å². The molecule has 0 aliphatic heterocycles. The van der Waals surface area contributed by atoms with Crippen molar-refractivity contribution in [1.29, 1.82) is 0 Å². The lowest BCUT2D eigenvalue weighted by Crippen LogP contribution is -2.16. The summed E-state index contributed by atoms with van der Waals surface area (Å²) in [6.07, 6.45) is -0.448. The number of rotatable bonds is 5. The Morgan fingerprint density at radius 2 is 2.14 bits per heavy atom.